The van der Waals surface area contributed by atoms with Crippen molar-refractivity contribution in [2.75, 3.05) is 12.8 Å². The van der Waals surface area contributed by atoms with E-state index in [1.165, 1.54) is 31.3 Å². The zero-order chi connectivity index (χ0) is 14.7. The van der Waals surface area contributed by atoms with Crippen LogP contribution < -0.4 is 15.8 Å². The first-order valence-electron chi connectivity index (χ1n) is 5.76. The molecule has 0 aromatic heterocycles. The monoisotopic (exact) mass is 278 g/mol. The Balaban J connectivity index is 2.32. The summed E-state index contributed by atoms with van der Waals surface area (Å²) >= 11 is 0. The first-order chi connectivity index (χ1) is 9.51. The lowest BCUT2D eigenvalue weighted by Crippen LogP contribution is -2.17. The van der Waals surface area contributed by atoms with Crippen LogP contribution in [0.3, 0.4) is 0 Å². The van der Waals surface area contributed by atoms with Gasteiger partial charge in [0.05, 0.1) is 5.69 Å². The van der Waals surface area contributed by atoms with Crippen molar-refractivity contribution in [1.82, 2.24) is 5.32 Å². The van der Waals surface area contributed by atoms with Crippen LogP contribution in [0, 0.1) is 11.6 Å². The van der Waals surface area contributed by atoms with Gasteiger partial charge < -0.3 is 15.8 Å². The molecule has 6 heteroatoms. The van der Waals surface area contributed by atoms with Crippen molar-refractivity contribution in [3.63, 3.8) is 0 Å². The summed E-state index contributed by atoms with van der Waals surface area (Å²) in [4.78, 5) is 11.5. The third kappa shape index (κ3) is 2.85. The number of hydrogen-bond acceptors (Lipinski definition) is 3. The fraction of sp³-hybridized carbons (Fsp3) is 0.0714. The average Bonchev–Trinajstić information content (AvgIpc) is 2.44. The Bertz CT molecular complexity index is 660. The SMILES string of the molecule is CNC(=O)c1ccc(N)c(Oc2ccc(F)c(F)c2)c1. The predicted molar refractivity (Wildman–Crippen MR) is 70.7 cm³/mol. The van der Waals surface area contributed by atoms with E-state index in [0.29, 0.717) is 5.56 Å². The number of nitrogens with two attached hydrogens (primary N) is 1. The van der Waals surface area contributed by atoms with Gasteiger partial charge in [0.15, 0.2) is 17.4 Å². The van der Waals surface area contributed by atoms with Gasteiger partial charge in [-0.25, -0.2) is 8.78 Å². The lowest BCUT2D eigenvalue weighted by molar-refractivity contribution is 0.0963. The van der Waals surface area contributed by atoms with E-state index in [-0.39, 0.29) is 23.1 Å². The minimum atomic E-state index is -1.02. The van der Waals surface area contributed by atoms with Gasteiger partial charge in [-0.1, -0.05) is 0 Å². The van der Waals surface area contributed by atoms with Gasteiger partial charge in [-0.3, -0.25) is 4.79 Å². The van der Waals surface area contributed by atoms with Gasteiger partial charge in [-0.05, 0) is 30.3 Å². The number of benzene rings is 2. The second-order valence-corrected chi connectivity index (χ2v) is 4.01. The summed E-state index contributed by atoms with van der Waals surface area (Å²) in [6.45, 7) is 0. The van der Waals surface area contributed by atoms with E-state index in [2.05, 4.69) is 5.32 Å². The van der Waals surface area contributed by atoms with Gasteiger partial charge in [-0.2, -0.15) is 0 Å². The molecule has 1 amide bonds. The van der Waals surface area contributed by atoms with Crippen LogP contribution in [-0.4, -0.2) is 13.0 Å². The molecule has 20 heavy (non-hydrogen) atoms. The summed E-state index contributed by atoms with van der Waals surface area (Å²) in [6, 6.07) is 7.58. The molecule has 104 valence electrons. The highest BCUT2D eigenvalue weighted by atomic mass is 19.2. The lowest BCUT2D eigenvalue weighted by atomic mass is 10.2. The number of hydrogen-bond donors (Lipinski definition) is 2. The molecule has 0 bridgehead atoms. The van der Waals surface area contributed by atoms with Crippen LogP contribution in [0.2, 0.25) is 0 Å². The highest BCUT2D eigenvalue weighted by Crippen LogP contribution is 2.29. The Morgan fingerprint density at radius 2 is 1.90 bits per heavy atom. The average molecular weight is 278 g/mol. The molecule has 0 aliphatic carbocycles. The molecule has 3 N–H and O–H groups in total. The minimum absolute atomic E-state index is 0.0876. The van der Waals surface area contributed by atoms with Crippen molar-refractivity contribution in [1.29, 1.82) is 0 Å². The van der Waals surface area contributed by atoms with Crippen LogP contribution in [0.1, 0.15) is 10.4 Å². The van der Waals surface area contributed by atoms with Gasteiger partial charge >= 0.3 is 0 Å². The van der Waals surface area contributed by atoms with Gasteiger partial charge in [0.2, 0.25) is 0 Å². The summed E-state index contributed by atoms with van der Waals surface area (Å²) in [5.41, 5.74) is 6.35. The molecule has 0 aliphatic heterocycles. The van der Waals surface area contributed by atoms with Crippen LogP contribution >= 0.6 is 0 Å². The molecule has 0 saturated carbocycles. The highest BCUT2D eigenvalue weighted by Gasteiger charge is 2.10. The zero-order valence-corrected chi connectivity index (χ0v) is 10.6. The third-order valence-electron chi connectivity index (χ3n) is 2.62. The van der Waals surface area contributed by atoms with Crippen molar-refractivity contribution >= 4 is 11.6 Å². The minimum Gasteiger partial charge on any atom is -0.455 e. The molecular formula is C14H12F2N2O2. The van der Waals surface area contributed by atoms with E-state index in [1.54, 1.807) is 0 Å². The molecule has 0 radical (unpaired) electrons. The van der Waals surface area contributed by atoms with Gasteiger partial charge in [-0.15, -0.1) is 0 Å². The van der Waals surface area contributed by atoms with Gasteiger partial charge in [0, 0.05) is 18.7 Å². The molecule has 2 rings (SSSR count). The topological polar surface area (TPSA) is 64.4 Å². The highest BCUT2D eigenvalue weighted by molar-refractivity contribution is 5.95. The van der Waals surface area contributed by atoms with E-state index in [1.807, 2.05) is 0 Å². The Hall–Kier alpha value is -2.63. The Kier molecular flexibility index (Phi) is 3.84. The van der Waals surface area contributed by atoms with Crippen LogP contribution in [0.15, 0.2) is 36.4 Å². The first kappa shape index (κ1) is 13.8. The number of carbonyl (C=O) groups is 1. The van der Waals surface area contributed by atoms with Crippen LogP contribution in [0.25, 0.3) is 0 Å². The normalized spacial score (nSPS) is 10.2. The second-order valence-electron chi connectivity index (χ2n) is 4.01. The number of carbonyl (C=O) groups excluding carboxylic acids is 1. The Morgan fingerprint density at radius 3 is 2.55 bits per heavy atom. The maximum atomic E-state index is 13.1. The number of rotatable bonds is 3. The van der Waals surface area contributed by atoms with Crippen molar-refractivity contribution < 1.29 is 18.3 Å². The molecule has 2 aromatic carbocycles. The van der Waals surface area contributed by atoms with Crippen LogP contribution in [-0.2, 0) is 0 Å². The van der Waals surface area contributed by atoms with E-state index < -0.39 is 11.6 Å². The molecule has 0 aliphatic rings. The summed E-state index contributed by atoms with van der Waals surface area (Å²) in [7, 11) is 1.49. The molecule has 0 fully saturated rings. The van der Waals surface area contributed by atoms with E-state index in [4.69, 9.17) is 10.5 Å². The standard InChI is InChI=1S/C14H12F2N2O2/c1-18-14(19)8-2-5-12(17)13(6-8)20-9-3-4-10(15)11(16)7-9/h2-7H,17H2,1H3,(H,18,19). The van der Waals surface area contributed by atoms with Crippen molar-refractivity contribution in [2.24, 2.45) is 0 Å². The molecule has 0 unspecified atom stereocenters. The quantitative estimate of drug-likeness (QED) is 0.848. The number of ether oxygens (including phenoxy) is 1. The lowest BCUT2D eigenvalue weighted by Gasteiger charge is -2.10. The molecule has 0 spiro atoms. The fourth-order valence-electron chi connectivity index (χ4n) is 1.58. The number of nitrogen functional groups attached to an aromatic ring is 1. The predicted octanol–water partition coefficient (Wildman–Crippen LogP) is 2.70. The summed E-state index contributed by atoms with van der Waals surface area (Å²) in [5, 5.41) is 2.46. The van der Waals surface area contributed by atoms with Crippen molar-refractivity contribution in [2.45, 2.75) is 0 Å². The molecule has 0 saturated heterocycles. The van der Waals surface area contributed by atoms with Crippen molar-refractivity contribution in [3.05, 3.63) is 53.6 Å². The van der Waals surface area contributed by atoms with E-state index >= 15 is 0 Å². The zero-order valence-electron chi connectivity index (χ0n) is 10.6. The van der Waals surface area contributed by atoms with E-state index in [0.717, 1.165) is 12.1 Å². The van der Waals surface area contributed by atoms with Crippen LogP contribution in [0.4, 0.5) is 14.5 Å². The maximum Gasteiger partial charge on any atom is 0.251 e. The molecule has 2 aromatic rings. The number of amides is 1. The molecule has 4 nitrogen and oxygen atoms in total. The Morgan fingerprint density at radius 1 is 1.15 bits per heavy atom. The summed E-state index contributed by atoms with van der Waals surface area (Å²) in [6.07, 6.45) is 0. The summed E-state index contributed by atoms with van der Waals surface area (Å²) in [5.74, 6) is -2.02. The maximum absolute atomic E-state index is 13.1. The van der Waals surface area contributed by atoms with Gasteiger partial charge in [0.1, 0.15) is 5.75 Å². The number of halogens is 2. The second kappa shape index (κ2) is 5.56. The third-order valence-corrected chi connectivity index (χ3v) is 2.62. The smallest absolute Gasteiger partial charge is 0.251 e. The fourth-order valence-corrected chi connectivity index (χ4v) is 1.58. The molecule has 0 atom stereocenters. The van der Waals surface area contributed by atoms with Gasteiger partial charge in [0.25, 0.3) is 5.91 Å². The number of nitrogens with one attached hydrogen (secondary N) is 1. The van der Waals surface area contributed by atoms with Crippen molar-refractivity contribution in [3.8, 4) is 11.5 Å². The largest absolute Gasteiger partial charge is 0.455 e. The van der Waals surface area contributed by atoms with E-state index in [9.17, 15) is 13.6 Å². The molecule has 0 heterocycles. The molecular weight excluding hydrogens is 266 g/mol. The van der Waals surface area contributed by atoms with Crippen LogP contribution in [0.5, 0.6) is 11.5 Å². The Labute approximate surface area is 114 Å². The number of anilines is 1. The first-order valence-corrected chi connectivity index (χ1v) is 5.76. The summed E-state index contributed by atoms with van der Waals surface area (Å²) < 4.78 is 31.3.